The van der Waals surface area contributed by atoms with E-state index in [2.05, 4.69) is 0 Å². The molecular formula is C24H26O8. The number of aryl methyl sites for hydroxylation is 1. The highest BCUT2D eigenvalue weighted by molar-refractivity contribution is 5.97. The Morgan fingerprint density at radius 3 is 2.41 bits per heavy atom. The van der Waals surface area contributed by atoms with Gasteiger partial charge in [-0.2, -0.15) is 0 Å². The second-order valence-corrected chi connectivity index (χ2v) is 7.54. The lowest BCUT2D eigenvalue weighted by Gasteiger charge is -2.18. The number of fused-ring (bicyclic) bond motifs is 1. The lowest BCUT2D eigenvalue weighted by atomic mass is 10.0. The van der Waals surface area contributed by atoms with Crippen LogP contribution in [0.25, 0.3) is 11.0 Å². The SMILES string of the molecule is CCCc1c(OCC(O)COc2ccc3c(O)cc(=O)oc3c2C)ccc(C(C)=O)c1O. The average molecular weight is 442 g/mol. The minimum Gasteiger partial charge on any atom is -0.507 e. The predicted octanol–water partition coefficient (Wildman–Crippen LogP) is 3.49. The number of ether oxygens (including phenoxy) is 2. The Labute approximate surface area is 184 Å². The van der Waals surface area contributed by atoms with Crippen LogP contribution in [0.4, 0.5) is 0 Å². The molecule has 3 rings (SSSR count). The van der Waals surface area contributed by atoms with Gasteiger partial charge >= 0.3 is 5.63 Å². The topological polar surface area (TPSA) is 126 Å². The summed E-state index contributed by atoms with van der Waals surface area (Å²) in [5, 5.41) is 31.0. The van der Waals surface area contributed by atoms with Crippen molar-refractivity contribution in [2.75, 3.05) is 13.2 Å². The molecule has 0 aliphatic carbocycles. The number of phenols is 1. The molecule has 8 heteroatoms. The quantitative estimate of drug-likeness (QED) is 0.340. The molecule has 0 spiro atoms. The van der Waals surface area contributed by atoms with Crippen LogP contribution in [0.5, 0.6) is 23.0 Å². The molecule has 1 heterocycles. The molecule has 1 unspecified atom stereocenters. The number of carbonyl (C=O) groups is 1. The molecule has 0 aliphatic rings. The van der Waals surface area contributed by atoms with Crippen molar-refractivity contribution < 1.29 is 34.0 Å². The van der Waals surface area contributed by atoms with E-state index in [1.165, 1.54) is 13.0 Å². The molecule has 0 aliphatic heterocycles. The van der Waals surface area contributed by atoms with Gasteiger partial charge < -0.3 is 29.2 Å². The van der Waals surface area contributed by atoms with Crippen molar-refractivity contribution in [3.05, 3.63) is 57.4 Å². The number of phenolic OH excluding ortho intramolecular Hbond substituents is 1. The average Bonchev–Trinajstić information content (AvgIpc) is 2.74. The Balaban J connectivity index is 1.69. The van der Waals surface area contributed by atoms with Crippen LogP contribution < -0.4 is 15.1 Å². The van der Waals surface area contributed by atoms with Gasteiger partial charge in [-0.3, -0.25) is 4.79 Å². The summed E-state index contributed by atoms with van der Waals surface area (Å²) in [5.74, 6) is 0.267. The summed E-state index contributed by atoms with van der Waals surface area (Å²) in [4.78, 5) is 23.2. The number of rotatable bonds is 9. The lowest BCUT2D eigenvalue weighted by Crippen LogP contribution is -2.25. The Morgan fingerprint density at radius 2 is 1.75 bits per heavy atom. The van der Waals surface area contributed by atoms with Crippen LogP contribution in [0.1, 0.15) is 41.8 Å². The summed E-state index contributed by atoms with van der Waals surface area (Å²) in [6.07, 6.45) is 0.262. The van der Waals surface area contributed by atoms with Crippen LogP contribution in [0.2, 0.25) is 0 Å². The molecule has 0 fully saturated rings. The highest BCUT2D eigenvalue weighted by Crippen LogP contribution is 2.33. The summed E-state index contributed by atoms with van der Waals surface area (Å²) >= 11 is 0. The smallest absolute Gasteiger partial charge is 0.339 e. The van der Waals surface area contributed by atoms with Gasteiger partial charge in [-0.15, -0.1) is 0 Å². The number of hydrogen-bond donors (Lipinski definition) is 3. The maximum atomic E-state index is 11.7. The molecule has 1 aromatic heterocycles. The molecule has 1 atom stereocenters. The van der Waals surface area contributed by atoms with E-state index in [9.17, 15) is 24.9 Å². The third kappa shape index (κ3) is 4.86. The largest absolute Gasteiger partial charge is 0.507 e. The van der Waals surface area contributed by atoms with Gasteiger partial charge in [0.2, 0.25) is 0 Å². The third-order valence-corrected chi connectivity index (χ3v) is 5.07. The molecule has 8 nitrogen and oxygen atoms in total. The monoisotopic (exact) mass is 442 g/mol. The first-order chi connectivity index (χ1) is 15.2. The molecule has 2 aromatic carbocycles. The molecule has 3 aromatic rings. The molecule has 0 radical (unpaired) electrons. The summed E-state index contributed by atoms with van der Waals surface area (Å²) in [6.45, 7) is 4.81. The molecule has 3 N–H and O–H groups in total. The van der Waals surface area contributed by atoms with Gasteiger partial charge in [-0.05, 0) is 44.5 Å². The van der Waals surface area contributed by atoms with Crippen molar-refractivity contribution in [1.29, 1.82) is 0 Å². The van der Waals surface area contributed by atoms with E-state index in [0.717, 1.165) is 12.5 Å². The highest BCUT2D eigenvalue weighted by Gasteiger charge is 2.18. The minimum absolute atomic E-state index is 0.0980. The van der Waals surface area contributed by atoms with Crippen LogP contribution in [0.3, 0.4) is 0 Å². The Morgan fingerprint density at radius 1 is 1.09 bits per heavy atom. The number of aliphatic hydroxyl groups excluding tert-OH is 1. The standard InChI is InChI=1S/C24H26O8/c1-4-5-18-21(9-6-16(14(3)25)23(18)29)31-12-15(26)11-30-20-8-7-17-19(27)10-22(28)32-24(17)13(20)2/h6-10,15,26-27,29H,4-5,11-12H2,1-3H3. The lowest BCUT2D eigenvalue weighted by molar-refractivity contribution is 0.0619. The fraction of sp³-hybridized carbons (Fsp3) is 0.333. The van der Waals surface area contributed by atoms with Gasteiger partial charge in [0.1, 0.15) is 47.9 Å². The van der Waals surface area contributed by atoms with Crippen LogP contribution in [0.15, 0.2) is 39.5 Å². The van der Waals surface area contributed by atoms with Crippen molar-refractivity contribution in [2.45, 2.75) is 39.7 Å². The summed E-state index contributed by atoms with van der Waals surface area (Å²) in [5.41, 5.74) is 0.801. The molecule has 0 saturated heterocycles. The van der Waals surface area contributed by atoms with Crippen LogP contribution in [0, 0.1) is 6.92 Å². The van der Waals surface area contributed by atoms with Gasteiger partial charge in [-0.1, -0.05) is 13.3 Å². The first kappa shape index (κ1) is 23.1. The van der Waals surface area contributed by atoms with Gasteiger partial charge in [-0.25, -0.2) is 4.79 Å². The molecule has 0 saturated carbocycles. The van der Waals surface area contributed by atoms with Crippen molar-refractivity contribution >= 4 is 16.8 Å². The zero-order chi connectivity index (χ0) is 23.4. The van der Waals surface area contributed by atoms with Crippen molar-refractivity contribution in [2.24, 2.45) is 0 Å². The number of Topliss-reactive ketones (excluding diaryl/α,β-unsaturated/α-hetero) is 1. The Bertz CT molecular complexity index is 1190. The molecule has 170 valence electrons. The number of ketones is 1. The first-order valence-electron chi connectivity index (χ1n) is 10.3. The molecule has 0 amide bonds. The van der Waals surface area contributed by atoms with Crippen LogP contribution >= 0.6 is 0 Å². The van der Waals surface area contributed by atoms with Crippen LogP contribution in [-0.2, 0) is 6.42 Å². The molecule has 32 heavy (non-hydrogen) atoms. The maximum Gasteiger partial charge on any atom is 0.339 e. The summed E-state index contributed by atoms with van der Waals surface area (Å²) in [7, 11) is 0. The fourth-order valence-electron chi connectivity index (χ4n) is 3.43. The Hall–Kier alpha value is -3.52. The first-order valence-corrected chi connectivity index (χ1v) is 10.3. The fourth-order valence-corrected chi connectivity index (χ4v) is 3.43. The van der Waals surface area contributed by atoms with E-state index >= 15 is 0 Å². The summed E-state index contributed by atoms with van der Waals surface area (Å²) < 4.78 is 16.5. The normalized spacial score (nSPS) is 12.0. The number of hydrogen-bond acceptors (Lipinski definition) is 8. The second kappa shape index (κ2) is 9.74. The number of benzene rings is 2. The molecule has 0 bridgehead atoms. The highest BCUT2D eigenvalue weighted by atomic mass is 16.5. The van der Waals surface area contributed by atoms with E-state index < -0.39 is 11.7 Å². The zero-order valence-electron chi connectivity index (χ0n) is 18.2. The van der Waals surface area contributed by atoms with E-state index in [1.54, 1.807) is 25.1 Å². The van der Waals surface area contributed by atoms with Gasteiger partial charge in [0.15, 0.2) is 5.78 Å². The van der Waals surface area contributed by atoms with Gasteiger partial charge in [0, 0.05) is 11.1 Å². The van der Waals surface area contributed by atoms with Crippen LogP contribution in [-0.4, -0.2) is 40.4 Å². The van der Waals surface area contributed by atoms with Gasteiger partial charge in [0.05, 0.1) is 17.0 Å². The van der Waals surface area contributed by atoms with E-state index in [1.807, 2.05) is 6.92 Å². The second-order valence-electron chi connectivity index (χ2n) is 7.54. The van der Waals surface area contributed by atoms with E-state index in [4.69, 9.17) is 13.9 Å². The number of aromatic hydroxyl groups is 2. The Kier molecular flexibility index (Phi) is 7.05. The van der Waals surface area contributed by atoms with E-state index in [0.29, 0.717) is 34.4 Å². The number of aliphatic hydroxyl groups is 1. The van der Waals surface area contributed by atoms with Crippen molar-refractivity contribution in [3.8, 4) is 23.0 Å². The van der Waals surface area contributed by atoms with E-state index in [-0.39, 0.29) is 41.6 Å². The maximum absolute atomic E-state index is 11.7. The predicted molar refractivity (Wildman–Crippen MR) is 118 cm³/mol. The minimum atomic E-state index is -0.995. The zero-order valence-corrected chi connectivity index (χ0v) is 18.2. The molecular weight excluding hydrogens is 416 g/mol. The third-order valence-electron chi connectivity index (χ3n) is 5.07. The van der Waals surface area contributed by atoms with Gasteiger partial charge in [0.25, 0.3) is 0 Å². The number of carbonyl (C=O) groups excluding carboxylic acids is 1. The van der Waals surface area contributed by atoms with Crippen molar-refractivity contribution in [3.63, 3.8) is 0 Å². The summed E-state index contributed by atoms with van der Waals surface area (Å²) in [6, 6.07) is 7.28. The van der Waals surface area contributed by atoms with Crippen molar-refractivity contribution in [1.82, 2.24) is 0 Å².